The van der Waals surface area contributed by atoms with E-state index in [9.17, 15) is 0 Å². The fraction of sp³-hybridized carbons (Fsp3) is 0. The molecule has 0 saturated carbocycles. The first kappa shape index (κ1) is 56.2. The number of aromatic nitrogens is 9. The number of nitrogens with zero attached hydrogens (tertiary/aromatic N) is 9. The van der Waals surface area contributed by atoms with Crippen LogP contribution in [-0.4, -0.2) is 43.2 Å². The molecule has 14 aromatic carbocycles. The fourth-order valence-corrected chi connectivity index (χ4v) is 14.6. The molecule has 0 atom stereocenters. The van der Waals surface area contributed by atoms with Crippen LogP contribution in [0.3, 0.4) is 0 Å². The lowest BCUT2D eigenvalue weighted by Gasteiger charge is -2.12. The van der Waals surface area contributed by atoms with E-state index < -0.39 is 0 Å². The smallest absolute Gasteiger partial charge is 0.238 e. The van der Waals surface area contributed by atoms with E-state index in [0.29, 0.717) is 23.5 Å². The summed E-state index contributed by atoms with van der Waals surface area (Å²) in [7, 11) is 0. The van der Waals surface area contributed by atoms with Gasteiger partial charge < -0.3 is 9.13 Å². The van der Waals surface area contributed by atoms with Crippen LogP contribution in [0.1, 0.15) is 0 Å². The molecule has 0 amide bonds. The molecule has 6 aromatic heterocycles. The minimum absolute atomic E-state index is 0.590. The molecule has 0 aliphatic heterocycles. The zero-order valence-electron chi connectivity index (χ0n) is 52.9. The first-order valence-electron chi connectivity index (χ1n) is 33.1. The summed E-state index contributed by atoms with van der Waals surface area (Å²) in [6, 6.07) is 122. The molecular formula is C89H57N9. The van der Waals surface area contributed by atoms with Crippen molar-refractivity contribution in [2.24, 2.45) is 0 Å². The maximum absolute atomic E-state index is 5.23. The van der Waals surface area contributed by atoms with Gasteiger partial charge in [-0.25, -0.2) is 15.0 Å². The van der Waals surface area contributed by atoms with Gasteiger partial charge in [-0.15, -0.1) is 0 Å². The van der Waals surface area contributed by atoms with Gasteiger partial charge in [0, 0.05) is 76.5 Å². The predicted molar refractivity (Wildman–Crippen MR) is 404 cm³/mol. The summed E-state index contributed by atoms with van der Waals surface area (Å²) in [6.45, 7) is 0. The predicted octanol–water partition coefficient (Wildman–Crippen LogP) is 22.2. The molecule has 20 rings (SSSR count). The molecule has 98 heavy (non-hydrogen) atoms. The van der Waals surface area contributed by atoms with Crippen molar-refractivity contribution in [1.82, 2.24) is 43.2 Å². The highest BCUT2D eigenvalue weighted by atomic mass is 15.2. The van der Waals surface area contributed by atoms with Crippen molar-refractivity contribution in [1.29, 1.82) is 0 Å². The molecule has 6 heterocycles. The molecule has 0 radical (unpaired) electrons. The Morgan fingerprint density at radius 2 is 0.459 bits per heavy atom. The maximum atomic E-state index is 5.23. The van der Waals surface area contributed by atoms with Crippen LogP contribution in [0.15, 0.2) is 346 Å². The highest BCUT2D eigenvalue weighted by Gasteiger charge is 2.22. The summed E-state index contributed by atoms with van der Waals surface area (Å²) in [5, 5.41) is 10.6. The second-order valence-corrected chi connectivity index (χ2v) is 24.8. The Morgan fingerprint density at radius 1 is 0.173 bits per heavy atom. The molecule has 9 heteroatoms. The summed E-state index contributed by atoms with van der Waals surface area (Å²) in [4.78, 5) is 25.4. The van der Waals surface area contributed by atoms with Gasteiger partial charge in [0.15, 0.2) is 11.6 Å². The van der Waals surface area contributed by atoms with E-state index >= 15 is 0 Å². The van der Waals surface area contributed by atoms with Gasteiger partial charge in [0.1, 0.15) is 0 Å². The lowest BCUT2D eigenvalue weighted by molar-refractivity contribution is 0.953. The van der Waals surface area contributed by atoms with Crippen molar-refractivity contribution < 1.29 is 0 Å². The Hall–Kier alpha value is -13.4. The highest BCUT2D eigenvalue weighted by molar-refractivity contribution is 6.15. The molecule has 0 saturated heterocycles. The highest BCUT2D eigenvalue weighted by Crippen LogP contribution is 2.42. The monoisotopic (exact) mass is 1250 g/mol. The lowest BCUT2D eigenvalue weighted by Crippen LogP contribution is -2.06. The van der Waals surface area contributed by atoms with Crippen LogP contribution in [0.5, 0.6) is 0 Å². The van der Waals surface area contributed by atoms with Gasteiger partial charge >= 0.3 is 0 Å². The van der Waals surface area contributed by atoms with E-state index in [-0.39, 0.29) is 0 Å². The van der Waals surface area contributed by atoms with E-state index in [4.69, 9.17) is 24.9 Å². The van der Waals surface area contributed by atoms with Gasteiger partial charge in [-0.05, 0) is 125 Å². The second kappa shape index (κ2) is 23.3. The number of hydrogen-bond donors (Lipinski definition) is 0. The molecule has 0 bridgehead atoms. The Labute approximate surface area is 563 Å². The zero-order chi connectivity index (χ0) is 64.6. The van der Waals surface area contributed by atoms with Crippen molar-refractivity contribution in [2.45, 2.75) is 0 Å². The van der Waals surface area contributed by atoms with Crippen molar-refractivity contribution in [3.63, 3.8) is 0 Å². The van der Waals surface area contributed by atoms with E-state index in [0.717, 1.165) is 83.1 Å². The minimum Gasteiger partial charge on any atom is -0.309 e. The Kier molecular flexibility index (Phi) is 13.3. The average molecular weight is 1250 g/mol. The van der Waals surface area contributed by atoms with Crippen LogP contribution < -0.4 is 0 Å². The van der Waals surface area contributed by atoms with Gasteiger partial charge in [-0.3, -0.25) is 9.13 Å². The lowest BCUT2D eigenvalue weighted by atomic mass is 10.0. The van der Waals surface area contributed by atoms with Gasteiger partial charge in [0.2, 0.25) is 11.9 Å². The molecule has 0 unspecified atom stereocenters. The number of para-hydroxylation sites is 7. The van der Waals surface area contributed by atoms with Gasteiger partial charge in [-0.2, -0.15) is 9.97 Å². The van der Waals surface area contributed by atoms with Crippen LogP contribution in [0.4, 0.5) is 0 Å². The maximum Gasteiger partial charge on any atom is 0.238 e. The number of fused-ring (bicyclic) bond motifs is 13. The van der Waals surface area contributed by atoms with Crippen LogP contribution in [0, 0.1) is 0 Å². The molecular weight excluding hydrogens is 1200 g/mol. The van der Waals surface area contributed by atoms with Crippen LogP contribution >= 0.6 is 0 Å². The average Bonchev–Trinajstić information content (AvgIpc) is 1.69. The van der Waals surface area contributed by atoms with Gasteiger partial charge in [-0.1, -0.05) is 243 Å². The third-order valence-corrected chi connectivity index (χ3v) is 19.1. The zero-order valence-corrected chi connectivity index (χ0v) is 52.9. The van der Waals surface area contributed by atoms with E-state index in [1.807, 2.05) is 72.8 Å². The molecule has 9 nitrogen and oxygen atoms in total. The third-order valence-electron chi connectivity index (χ3n) is 19.1. The number of rotatable bonds is 9. The van der Waals surface area contributed by atoms with Crippen LogP contribution in [-0.2, 0) is 0 Å². The molecule has 0 fully saturated rings. The van der Waals surface area contributed by atoms with Crippen molar-refractivity contribution in [2.75, 3.05) is 0 Å². The Bertz CT molecular complexity index is 6410. The summed E-state index contributed by atoms with van der Waals surface area (Å²) in [5.41, 5.74) is 20.9. The quantitative estimate of drug-likeness (QED) is 0.144. The standard InChI is InChI=1S/C45H29N5.C44H28N4/c1-4-14-30(15-5-1)43-46-44(31-16-6-2-7-17-31)48-45(47-43)50-40-23-13-11-21-36(40)38-29-33(25-27-42(38)50)32-24-26-41-37(28-32)35-20-10-12-22-39(35)49(41)34-18-8-3-9-19-34;1-3-13-29(14-4-1)43-35-19-7-10-20-38(35)45-44(46-43)48-40-22-12-9-18-34(40)37-28-31(24-26-42(37)48)30-23-25-41-36(27-30)33-17-8-11-21-39(33)47(41)32-15-5-2-6-16-32/h1-29H;1-28H. The summed E-state index contributed by atoms with van der Waals surface area (Å²) < 4.78 is 9.10. The van der Waals surface area contributed by atoms with Gasteiger partial charge in [0.25, 0.3) is 0 Å². The SMILES string of the molecule is c1ccc(-c2nc(-c3ccccc3)nc(-n3c4ccccc4c4cc(-c5ccc6c(c5)c5ccccc5n6-c5ccccc5)ccc43)n2)cc1.c1ccc(-c2nc(-n3c4ccccc4c4cc(-c5ccc6c(c5)c5ccccc5n6-c5ccccc5)ccc43)nc3ccccc23)cc1. The number of hydrogen-bond acceptors (Lipinski definition) is 5. The largest absolute Gasteiger partial charge is 0.309 e. The van der Waals surface area contributed by atoms with Gasteiger partial charge in [0.05, 0.1) is 55.3 Å². The topological polar surface area (TPSA) is 84.2 Å². The molecule has 0 aliphatic rings. The second-order valence-electron chi connectivity index (χ2n) is 24.8. The van der Waals surface area contributed by atoms with Crippen molar-refractivity contribution >= 4 is 98.1 Å². The van der Waals surface area contributed by atoms with Crippen LogP contribution in [0.25, 0.3) is 178 Å². The summed E-state index contributed by atoms with van der Waals surface area (Å²) in [6.07, 6.45) is 0. The number of benzene rings is 14. The Balaban J connectivity index is 0.000000137. The normalized spacial score (nSPS) is 11.7. The fourth-order valence-electron chi connectivity index (χ4n) is 14.6. The molecule has 458 valence electrons. The van der Waals surface area contributed by atoms with Crippen molar-refractivity contribution in [3.05, 3.63) is 346 Å². The Morgan fingerprint density at radius 3 is 0.847 bits per heavy atom. The molecule has 0 N–H and O–H groups in total. The van der Waals surface area contributed by atoms with E-state index in [2.05, 4.69) is 291 Å². The van der Waals surface area contributed by atoms with E-state index in [1.165, 1.54) is 71.1 Å². The first-order valence-corrected chi connectivity index (χ1v) is 33.1. The summed E-state index contributed by atoms with van der Waals surface area (Å²) in [5.74, 6) is 2.54. The van der Waals surface area contributed by atoms with Crippen LogP contribution in [0.2, 0.25) is 0 Å². The first-order chi connectivity index (χ1) is 48.6. The minimum atomic E-state index is 0.590. The van der Waals surface area contributed by atoms with E-state index in [1.54, 1.807) is 0 Å². The molecule has 0 aliphatic carbocycles. The molecule has 20 aromatic rings. The molecule has 0 spiro atoms. The summed E-state index contributed by atoms with van der Waals surface area (Å²) >= 11 is 0. The van der Waals surface area contributed by atoms with Crippen molar-refractivity contribution in [3.8, 4) is 79.6 Å². The third kappa shape index (κ3) is 9.43.